The van der Waals surface area contributed by atoms with Crippen molar-refractivity contribution in [2.75, 3.05) is 14.2 Å². The zero-order valence-corrected chi connectivity index (χ0v) is 12.3. The van der Waals surface area contributed by atoms with Crippen LogP contribution in [-0.2, 0) is 0 Å². The van der Waals surface area contributed by atoms with E-state index in [1.54, 1.807) is 18.3 Å². The van der Waals surface area contributed by atoms with Crippen LogP contribution in [0.1, 0.15) is 0 Å². The molecule has 0 unspecified atom stereocenters. The van der Waals surface area contributed by atoms with Gasteiger partial charge in [0, 0.05) is 6.20 Å². The van der Waals surface area contributed by atoms with Crippen LogP contribution in [0.4, 0.5) is 0 Å². The number of methoxy groups -OCH3 is 2. The predicted molar refractivity (Wildman–Crippen MR) is 81.3 cm³/mol. The van der Waals surface area contributed by atoms with Gasteiger partial charge in [0.25, 0.3) is 0 Å². The minimum Gasteiger partial charge on any atom is -0.502 e. The van der Waals surface area contributed by atoms with Crippen molar-refractivity contribution in [2.45, 2.75) is 0 Å². The van der Waals surface area contributed by atoms with E-state index in [9.17, 15) is 5.11 Å². The lowest BCUT2D eigenvalue weighted by molar-refractivity contribution is 0.341. The maximum Gasteiger partial charge on any atom is 0.201 e. The van der Waals surface area contributed by atoms with Gasteiger partial charge in [-0.3, -0.25) is 0 Å². The van der Waals surface area contributed by atoms with Crippen LogP contribution in [0.5, 0.6) is 17.2 Å². The van der Waals surface area contributed by atoms with Gasteiger partial charge in [-0.25, -0.2) is 9.97 Å². The second kappa shape index (κ2) is 5.88. The molecule has 0 fully saturated rings. The second-order valence-electron chi connectivity index (χ2n) is 4.16. The molecule has 1 aromatic carbocycles. The summed E-state index contributed by atoms with van der Waals surface area (Å²) in [4.78, 5) is 11.7. The first-order chi connectivity index (χ1) is 9.74. The number of nitrogens with zero attached hydrogens (tertiary/aromatic N) is 2. The van der Waals surface area contributed by atoms with Crippen molar-refractivity contribution < 1.29 is 14.6 Å². The van der Waals surface area contributed by atoms with Crippen LogP contribution in [0, 0.1) is 0 Å². The van der Waals surface area contributed by atoms with Gasteiger partial charge in [0.05, 0.1) is 25.3 Å². The van der Waals surface area contributed by atoms with Crippen molar-refractivity contribution in [2.24, 2.45) is 0 Å². The number of benzene rings is 1. The normalized spacial score (nSPS) is 10.2. The molecule has 110 valence electrons. The van der Waals surface area contributed by atoms with E-state index in [0.29, 0.717) is 28.5 Å². The fourth-order valence-corrected chi connectivity index (χ4v) is 2.08. The molecule has 2 N–H and O–H groups in total. The lowest BCUT2D eigenvalue weighted by Crippen LogP contribution is -1.93. The van der Waals surface area contributed by atoms with E-state index in [2.05, 4.69) is 15.0 Å². The summed E-state index contributed by atoms with van der Waals surface area (Å²) in [6, 6.07) is 7.14. The molecule has 2 heterocycles. The Kier molecular flexibility index (Phi) is 4.18. The number of ether oxygens (including phenoxy) is 2. The highest BCUT2D eigenvalue weighted by Gasteiger charge is 2.17. The molecule has 0 spiro atoms. The maximum atomic E-state index is 10.1. The molecule has 0 atom stereocenters. The smallest absolute Gasteiger partial charge is 0.201 e. The van der Waals surface area contributed by atoms with E-state index in [4.69, 9.17) is 9.47 Å². The van der Waals surface area contributed by atoms with Crippen LogP contribution in [0.25, 0.3) is 22.6 Å². The number of imidazole rings is 1. The number of hydrogen-bond acceptors (Lipinski definition) is 5. The Bertz CT molecular complexity index is 740. The summed E-state index contributed by atoms with van der Waals surface area (Å²) < 4.78 is 10.3. The van der Waals surface area contributed by atoms with Crippen LogP contribution in [0.15, 0.2) is 30.5 Å². The number of phenolic OH excluding ortho intramolecular Hbond substituents is 1. The molecule has 0 aliphatic carbocycles. The lowest BCUT2D eigenvalue weighted by Gasteiger charge is -2.11. The molecule has 0 saturated heterocycles. The Morgan fingerprint density at radius 2 is 1.95 bits per heavy atom. The van der Waals surface area contributed by atoms with Crippen molar-refractivity contribution in [1.29, 1.82) is 0 Å². The number of H-pyrrole nitrogens is 1. The number of aromatic amines is 1. The van der Waals surface area contributed by atoms with Crippen molar-refractivity contribution in [3.8, 4) is 28.6 Å². The van der Waals surface area contributed by atoms with Crippen molar-refractivity contribution >= 4 is 23.6 Å². The zero-order chi connectivity index (χ0) is 14.1. The monoisotopic (exact) mass is 307 g/mol. The number of aromatic nitrogens is 3. The summed E-state index contributed by atoms with van der Waals surface area (Å²) in [6.07, 6.45) is 1.68. The number of rotatable bonds is 3. The number of hydrogen-bond donors (Lipinski definition) is 2. The fraction of sp³-hybridized carbons (Fsp3) is 0.143. The van der Waals surface area contributed by atoms with Crippen molar-refractivity contribution in [3.05, 3.63) is 30.5 Å². The first-order valence-electron chi connectivity index (χ1n) is 5.99. The van der Waals surface area contributed by atoms with Crippen LogP contribution >= 0.6 is 12.4 Å². The highest BCUT2D eigenvalue weighted by Crippen LogP contribution is 2.42. The van der Waals surface area contributed by atoms with Crippen LogP contribution < -0.4 is 9.47 Å². The number of halogens is 1. The van der Waals surface area contributed by atoms with Gasteiger partial charge < -0.3 is 19.6 Å². The molecule has 0 saturated carbocycles. The number of pyridine rings is 1. The molecule has 0 aliphatic heterocycles. The molecule has 0 bridgehead atoms. The molecule has 7 heteroatoms. The molecule has 6 nitrogen and oxygen atoms in total. The van der Waals surface area contributed by atoms with E-state index in [0.717, 1.165) is 5.52 Å². The third-order valence-corrected chi connectivity index (χ3v) is 3.03. The number of aromatic hydroxyl groups is 1. The van der Waals surface area contributed by atoms with E-state index >= 15 is 0 Å². The van der Waals surface area contributed by atoms with Gasteiger partial charge in [0.1, 0.15) is 5.82 Å². The topological polar surface area (TPSA) is 80.3 Å². The third-order valence-electron chi connectivity index (χ3n) is 3.03. The lowest BCUT2D eigenvalue weighted by atomic mass is 10.1. The summed E-state index contributed by atoms with van der Waals surface area (Å²) in [7, 11) is 2.97. The molecule has 0 amide bonds. The van der Waals surface area contributed by atoms with Crippen LogP contribution in [0.2, 0.25) is 0 Å². The predicted octanol–water partition coefficient (Wildman–Crippen LogP) is 2.77. The number of phenols is 1. The van der Waals surface area contributed by atoms with E-state index in [1.807, 2.05) is 12.1 Å². The molecule has 0 radical (unpaired) electrons. The summed E-state index contributed by atoms with van der Waals surface area (Å²) in [5.74, 6) is 1.18. The Morgan fingerprint density at radius 3 is 2.62 bits per heavy atom. The van der Waals surface area contributed by atoms with Gasteiger partial charge in [0.2, 0.25) is 5.75 Å². The van der Waals surface area contributed by atoms with Gasteiger partial charge in [-0.1, -0.05) is 0 Å². The Hall–Kier alpha value is -2.47. The SMILES string of the molecule is COc1ccc(-c2nc3ncccc3[nH]2)c(OC)c1O.Cl. The van der Waals surface area contributed by atoms with Crippen molar-refractivity contribution in [1.82, 2.24) is 15.0 Å². The average Bonchev–Trinajstić information content (AvgIpc) is 2.90. The van der Waals surface area contributed by atoms with Gasteiger partial charge in [-0.2, -0.15) is 0 Å². The third kappa shape index (κ3) is 2.45. The van der Waals surface area contributed by atoms with E-state index in [1.165, 1.54) is 14.2 Å². The minimum absolute atomic E-state index is 0. The van der Waals surface area contributed by atoms with Gasteiger partial charge >= 0.3 is 0 Å². The minimum atomic E-state index is -0.0547. The fourth-order valence-electron chi connectivity index (χ4n) is 2.08. The second-order valence-corrected chi connectivity index (χ2v) is 4.16. The van der Waals surface area contributed by atoms with Gasteiger partial charge in [-0.15, -0.1) is 12.4 Å². The summed E-state index contributed by atoms with van der Waals surface area (Å²) >= 11 is 0. The Labute approximate surface area is 127 Å². The number of nitrogens with one attached hydrogen (secondary N) is 1. The molecular formula is C14H14ClN3O3. The molecule has 3 aromatic rings. The van der Waals surface area contributed by atoms with Crippen LogP contribution in [0.3, 0.4) is 0 Å². The van der Waals surface area contributed by atoms with Crippen LogP contribution in [-0.4, -0.2) is 34.3 Å². The van der Waals surface area contributed by atoms with E-state index < -0.39 is 0 Å². The van der Waals surface area contributed by atoms with Gasteiger partial charge in [-0.05, 0) is 24.3 Å². The summed E-state index contributed by atoms with van der Waals surface area (Å²) in [6.45, 7) is 0. The first kappa shape index (κ1) is 14.9. The molecule has 21 heavy (non-hydrogen) atoms. The highest BCUT2D eigenvalue weighted by atomic mass is 35.5. The largest absolute Gasteiger partial charge is 0.502 e. The average molecular weight is 308 g/mol. The zero-order valence-electron chi connectivity index (χ0n) is 11.5. The quantitative estimate of drug-likeness (QED) is 0.777. The number of fused-ring (bicyclic) bond motifs is 1. The molecule has 2 aromatic heterocycles. The summed E-state index contributed by atoms with van der Waals surface area (Å²) in [5.41, 5.74) is 2.07. The highest BCUT2D eigenvalue weighted by molar-refractivity contribution is 5.85. The van der Waals surface area contributed by atoms with Crippen molar-refractivity contribution in [3.63, 3.8) is 0 Å². The summed E-state index contributed by atoms with van der Waals surface area (Å²) in [5, 5.41) is 10.1. The van der Waals surface area contributed by atoms with Gasteiger partial charge in [0.15, 0.2) is 17.1 Å². The Balaban J connectivity index is 0.00000161. The maximum absolute atomic E-state index is 10.1. The first-order valence-corrected chi connectivity index (χ1v) is 5.99. The molecular weight excluding hydrogens is 294 g/mol. The molecule has 0 aliphatic rings. The standard InChI is InChI=1S/C14H13N3O3.ClH/c1-19-10-6-5-8(12(20-2)11(10)18)13-16-9-4-3-7-15-14(9)17-13;/h3-7,18H,1-2H3,(H,15,16,17);1H. The molecule has 3 rings (SSSR count). The Morgan fingerprint density at radius 1 is 1.14 bits per heavy atom. The van der Waals surface area contributed by atoms with E-state index in [-0.39, 0.29) is 18.2 Å².